The topological polar surface area (TPSA) is 35.2 Å². The summed E-state index contributed by atoms with van der Waals surface area (Å²) in [6.45, 7) is 9.75. The SMILES string of the molecule is CCOc1ccc(C(CN)Cc2cc(C)cc(C)c2)cc1C. The molecule has 0 saturated carbocycles. The molecule has 0 aromatic heterocycles. The van der Waals surface area contributed by atoms with E-state index in [1.807, 2.05) is 6.92 Å². The molecule has 0 saturated heterocycles. The minimum absolute atomic E-state index is 0.343. The number of ether oxygens (including phenoxy) is 1. The summed E-state index contributed by atoms with van der Waals surface area (Å²) in [6, 6.07) is 13.2. The average Bonchev–Trinajstić information content (AvgIpc) is 2.46. The molecule has 118 valence electrons. The van der Waals surface area contributed by atoms with Gasteiger partial charge in [0, 0.05) is 5.92 Å². The van der Waals surface area contributed by atoms with Crippen LogP contribution in [0, 0.1) is 20.8 Å². The third kappa shape index (κ3) is 4.11. The van der Waals surface area contributed by atoms with Crippen LogP contribution in [0.5, 0.6) is 5.75 Å². The number of benzene rings is 2. The maximum atomic E-state index is 6.04. The summed E-state index contributed by atoms with van der Waals surface area (Å²) in [5.74, 6) is 1.31. The van der Waals surface area contributed by atoms with Crippen molar-refractivity contribution in [2.45, 2.75) is 40.0 Å². The molecule has 0 aliphatic heterocycles. The summed E-state index contributed by atoms with van der Waals surface area (Å²) < 4.78 is 5.62. The number of aryl methyl sites for hydroxylation is 3. The summed E-state index contributed by atoms with van der Waals surface area (Å²) in [4.78, 5) is 0. The molecular weight excluding hydrogens is 270 g/mol. The Bertz CT molecular complexity index is 613. The Labute approximate surface area is 134 Å². The van der Waals surface area contributed by atoms with Gasteiger partial charge in [0.2, 0.25) is 0 Å². The van der Waals surface area contributed by atoms with Crippen molar-refractivity contribution < 1.29 is 4.74 Å². The lowest BCUT2D eigenvalue weighted by atomic mass is 9.90. The summed E-state index contributed by atoms with van der Waals surface area (Å²) in [6.07, 6.45) is 0.979. The molecule has 2 nitrogen and oxygen atoms in total. The third-order valence-corrected chi connectivity index (χ3v) is 4.02. The molecule has 0 amide bonds. The highest BCUT2D eigenvalue weighted by molar-refractivity contribution is 5.39. The van der Waals surface area contributed by atoms with E-state index >= 15 is 0 Å². The molecular formula is C20H27NO. The van der Waals surface area contributed by atoms with Gasteiger partial charge < -0.3 is 10.5 Å². The molecule has 0 aliphatic rings. The Hall–Kier alpha value is -1.80. The van der Waals surface area contributed by atoms with Gasteiger partial charge in [-0.1, -0.05) is 41.5 Å². The Morgan fingerprint density at radius 3 is 2.23 bits per heavy atom. The van der Waals surface area contributed by atoms with Gasteiger partial charge >= 0.3 is 0 Å². The van der Waals surface area contributed by atoms with E-state index < -0.39 is 0 Å². The fourth-order valence-electron chi connectivity index (χ4n) is 3.05. The van der Waals surface area contributed by atoms with Gasteiger partial charge in [-0.2, -0.15) is 0 Å². The van der Waals surface area contributed by atoms with Gasteiger partial charge in [-0.05, 0) is 63.4 Å². The molecule has 22 heavy (non-hydrogen) atoms. The number of nitrogens with two attached hydrogens (primary N) is 1. The van der Waals surface area contributed by atoms with Crippen LogP contribution in [0.2, 0.25) is 0 Å². The van der Waals surface area contributed by atoms with Crippen molar-refractivity contribution in [3.63, 3.8) is 0 Å². The molecule has 2 aromatic carbocycles. The van der Waals surface area contributed by atoms with E-state index in [9.17, 15) is 0 Å². The molecule has 0 radical (unpaired) electrons. The van der Waals surface area contributed by atoms with Crippen LogP contribution >= 0.6 is 0 Å². The lowest BCUT2D eigenvalue weighted by molar-refractivity contribution is 0.337. The van der Waals surface area contributed by atoms with Crippen molar-refractivity contribution in [1.82, 2.24) is 0 Å². The molecule has 1 unspecified atom stereocenters. The second-order valence-electron chi connectivity index (χ2n) is 6.09. The van der Waals surface area contributed by atoms with Gasteiger partial charge in [-0.25, -0.2) is 0 Å². The van der Waals surface area contributed by atoms with Crippen molar-refractivity contribution >= 4 is 0 Å². The summed E-state index contributed by atoms with van der Waals surface area (Å²) in [5.41, 5.74) is 12.5. The zero-order valence-corrected chi connectivity index (χ0v) is 14.1. The van der Waals surface area contributed by atoms with Crippen molar-refractivity contribution in [2.75, 3.05) is 13.2 Å². The van der Waals surface area contributed by atoms with E-state index in [0.717, 1.165) is 12.2 Å². The normalized spacial score (nSPS) is 12.2. The molecule has 2 rings (SSSR count). The van der Waals surface area contributed by atoms with Gasteiger partial charge in [0.15, 0.2) is 0 Å². The Morgan fingerprint density at radius 2 is 1.68 bits per heavy atom. The van der Waals surface area contributed by atoms with Crippen molar-refractivity contribution in [2.24, 2.45) is 5.73 Å². The second kappa shape index (κ2) is 7.46. The van der Waals surface area contributed by atoms with Crippen LogP contribution in [0.3, 0.4) is 0 Å². The van der Waals surface area contributed by atoms with Crippen LogP contribution in [0.15, 0.2) is 36.4 Å². The van der Waals surface area contributed by atoms with Crippen LogP contribution in [0.25, 0.3) is 0 Å². The molecule has 0 fully saturated rings. The van der Waals surface area contributed by atoms with Crippen LogP contribution in [0.1, 0.15) is 40.7 Å². The van der Waals surface area contributed by atoms with Gasteiger partial charge in [0.25, 0.3) is 0 Å². The van der Waals surface area contributed by atoms with E-state index in [0.29, 0.717) is 19.1 Å². The molecule has 0 aliphatic carbocycles. The standard InChI is InChI=1S/C20H27NO/c1-5-22-20-7-6-18(11-16(20)4)19(13-21)12-17-9-14(2)8-15(3)10-17/h6-11,19H,5,12-13,21H2,1-4H3. The van der Waals surface area contributed by atoms with Crippen LogP contribution < -0.4 is 10.5 Å². The first-order chi connectivity index (χ1) is 10.5. The predicted octanol–water partition coefficient (Wildman–Crippen LogP) is 4.30. The Kier molecular flexibility index (Phi) is 5.62. The zero-order chi connectivity index (χ0) is 16.1. The maximum absolute atomic E-state index is 6.04. The van der Waals surface area contributed by atoms with Crippen LogP contribution in [-0.4, -0.2) is 13.2 Å². The number of rotatable bonds is 6. The van der Waals surface area contributed by atoms with E-state index in [-0.39, 0.29) is 0 Å². The minimum Gasteiger partial charge on any atom is -0.494 e. The lowest BCUT2D eigenvalue weighted by Crippen LogP contribution is -2.15. The highest BCUT2D eigenvalue weighted by atomic mass is 16.5. The van der Waals surface area contributed by atoms with E-state index in [2.05, 4.69) is 57.2 Å². The fourth-order valence-corrected chi connectivity index (χ4v) is 3.05. The maximum Gasteiger partial charge on any atom is 0.122 e. The Morgan fingerprint density at radius 1 is 1.00 bits per heavy atom. The van der Waals surface area contributed by atoms with Gasteiger partial charge in [0.1, 0.15) is 5.75 Å². The average molecular weight is 297 g/mol. The lowest BCUT2D eigenvalue weighted by Gasteiger charge is -2.18. The minimum atomic E-state index is 0.343. The highest BCUT2D eigenvalue weighted by Crippen LogP contribution is 2.26. The third-order valence-electron chi connectivity index (χ3n) is 4.02. The van der Waals surface area contributed by atoms with Crippen LogP contribution in [0.4, 0.5) is 0 Å². The number of hydrogen-bond acceptors (Lipinski definition) is 2. The van der Waals surface area contributed by atoms with E-state index in [1.165, 1.54) is 27.8 Å². The smallest absolute Gasteiger partial charge is 0.122 e. The number of hydrogen-bond donors (Lipinski definition) is 1. The summed E-state index contributed by atoms with van der Waals surface area (Å²) in [5, 5.41) is 0. The van der Waals surface area contributed by atoms with Crippen molar-refractivity contribution in [1.29, 1.82) is 0 Å². The van der Waals surface area contributed by atoms with Gasteiger partial charge in [0.05, 0.1) is 6.61 Å². The van der Waals surface area contributed by atoms with E-state index in [4.69, 9.17) is 10.5 Å². The zero-order valence-electron chi connectivity index (χ0n) is 14.1. The van der Waals surface area contributed by atoms with Crippen molar-refractivity contribution in [3.8, 4) is 5.75 Å². The van der Waals surface area contributed by atoms with E-state index in [1.54, 1.807) is 0 Å². The monoisotopic (exact) mass is 297 g/mol. The predicted molar refractivity (Wildman–Crippen MR) is 93.8 cm³/mol. The van der Waals surface area contributed by atoms with Crippen molar-refractivity contribution in [3.05, 3.63) is 64.2 Å². The molecule has 0 heterocycles. The first-order valence-electron chi connectivity index (χ1n) is 8.04. The molecule has 0 spiro atoms. The van der Waals surface area contributed by atoms with Gasteiger partial charge in [-0.3, -0.25) is 0 Å². The highest BCUT2D eigenvalue weighted by Gasteiger charge is 2.13. The van der Waals surface area contributed by atoms with Gasteiger partial charge in [-0.15, -0.1) is 0 Å². The summed E-state index contributed by atoms with van der Waals surface area (Å²) >= 11 is 0. The Balaban J connectivity index is 2.22. The molecule has 1 atom stereocenters. The fraction of sp³-hybridized carbons (Fsp3) is 0.400. The quantitative estimate of drug-likeness (QED) is 0.863. The molecule has 0 bridgehead atoms. The first kappa shape index (κ1) is 16.6. The molecule has 2 N–H and O–H groups in total. The first-order valence-corrected chi connectivity index (χ1v) is 8.04. The molecule has 2 heteroatoms. The second-order valence-corrected chi connectivity index (χ2v) is 6.09. The largest absolute Gasteiger partial charge is 0.494 e. The van der Waals surface area contributed by atoms with Crippen LogP contribution in [-0.2, 0) is 6.42 Å². The molecule has 2 aromatic rings. The summed E-state index contributed by atoms with van der Waals surface area (Å²) in [7, 11) is 0.